The molecule has 1 aromatic carbocycles. The molecule has 1 unspecified atom stereocenters. The minimum absolute atomic E-state index is 0.157. The SMILES string of the molecule is CCC(C)(OC)C(=O)Nc1ccc(OCCOC)cc1. The number of methoxy groups -OCH3 is 2. The van der Waals surface area contributed by atoms with E-state index in [1.807, 2.05) is 6.92 Å². The molecule has 0 fully saturated rings. The lowest BCUT2D eigenvalue weighted by molar-refractivity contribution is -0.136. The number of nitrogens with one attached hydrogen (secondary N) is 1. The van der Waals surface area contributed by atoms with Gasteiger partial charge in [-0.15, -0.1) is 0 Å². The summed E-state index contributed by atoms with van der Waals surface area (Å²) >= 11 is 0. The molecule has 1 amide bonds. The number of rotatable bonds is 8. The first-order valence-electron chi connectivity index (χ1n) is 6.64. The first kappa shape index (κ1) is 16.5. The van der Waals surface area contributed by atoms with Crippen LogP contribution in [0.15, 0.2) is 24.3 Å². The zero-order chi connectivity index (χ0) is 15.0. The van der Waals surface area contributed by atoms with Crippen LogP contribution < -0.4 is 10.1 Å². The Morgan fingerprint density at radius 2 is 1.85 bits per heavy atom. The van der Waals surface area contributed by atoms with Crippen molar-refractivity contribution in [2.24, 2.45) is 0 Å². The first-order valence-corrected chi connectivity index (χ1v) is 6.64. The third-order valence-corrected chi connectivity index (χ3v) is 3.27. The standard InChI is InChI=1S/C15H23NO4/c1-5-15(2,19-4)14(17)16-12-6-8-13(9-7-12)20-11-10-18-3/h6-9H,5,10-11H2,1-4H3,(H,16,17). The van der Waals surface area contributed by atoms with Crippen LogP contribution in [0.3, 0.4) is 0 Å². The smallest absolute Gasteiger partial charge is 0.256 e. The Morgan fingerprint density at radius 1 is 1.20 bits per heavy atom. The average Bonchev–Trinajstić information content (AvgIpc) is 2.48. The van der Waals surface area contributed by atoms with E-state index < -0.39 is 5.60 Å². The summed E-state index contributed by atoms with van der Waals surface area (Å²) in [7, 11) is 3.17. The number of carbonyl (C=O) groups is 1. The highest BCUT2D eigenvalue weighted by Crippen LogP contribution is 2.20. The van der Waals surface area contributed by atoms with Crippen LogP contribution in [-0.4, -0.2) is 38.9 Å². The molecular formula is C15H23NO4. The Bertz CT molecular complexity index is 412. The van der Waals surface area contributed by atoms with Gasteiger partial charge in [-0.1, -0.05) is 6.92 Å². The molecule has 112 valence electrons. The fraction of sp³-hybridized carbons (Fsp3) is 0.533. The van der Waals surface area contributed by atoms with E-state index in [2.05, 4.69) is 5.32 Å². The molecule has 0 aliphatic carbocycles. The second kappa shape index (κ2) is 7.87. The van der Waals surface area contributed by atoms with Gasteiger partial charge in [0.1, 0.15) is 18.0 Å². The van der Waals surface area contributed by atoms with Crippen molar-refractivity contribution in [1.29, 1.82) is 0 Å². The van der Waals surface area contributed by atoms with Crippen LogP contribution in [0.1, 0.15) is 20.3 Å². The second-order valence-corrected chi connectivity index (χ2v) is 4.61. The Labute approximate surface area is 120 Å². The summed E-state index contributed by atoms with van der Waals surface area (Å²) in [5, 5.41) is 2.83. The minimum atomic E-state index is -0.812. The zero-order valence-electron chi connectivity index (χ0n) is 12.6. The van der Waals surface area contributed by atoms with E-state index in [4.69, 9.17) is 14.2 Å². The predicted octanol–water partition coefficient (Wildman–Crippen LogP) is 2.47. The number of amides is 1. The van der Waals surface area contributed by atoms with Crippen LogP contribution in [0, 0.1) is 0 Å². The Balaban J connectivity index is 2.59. The van der Waals surface area contributed by atoms with Crippen LogP contribution >= 0.6 is 0 Å². The van der Waals surface area contributed by atoms with Gasteiger partial charge >= 0.3 is 0 Å². The molecule has 20 heavy (non-hydrogen) atoms. The molecule has 1 N–H and O–H groups in total. The molecule has 1 aromatic rings. The lowest BCUT2D eigenvalue weighted by Crippen LogP contribution is -2.41. The van der Waals surface area contributed by atoms with Crippen LogP contribution in [-0.2, 0) is 14.3 Å². The van der Waals surface area contributed by atoms with Gasteiger partial charge in [-0.25, -0.2) is 0 Å². The van der Waals surface area contributed by atoms with Gasteiger partial charge in [-0.05, 0) is 37.6 Å². The van der Waals surface area contributed by atoms with Gasteiger partial charge in [0.05, 0.1) is 6.61 Å². The average molecular weight is 281 g/mol. The molecule has 0 bridgehead atoms. The van der Waals surface area contributed by atoms with Crippen molar-refractivity contribution in [3.05, 3.63) is 24.3 Å². The molecule has 1 atom stereocenters. The molecule has 5 nitrogen and oxygen atoms in total. The minimum Gasteiger partial charge on any atom is -0.491 e. The molecule has 0 aliphatic heterocycles. The fourth-order valence-electron chi connectivity index (χ4n) is 1.54. The van der Waals surface area contributed by atoms with Crippen molar-refractivity contribution in [2.75, 3.05) is 32.8 Å². The van der Waals surface area contributed by atoms with E-state index in [1.165, 1.54) is 7.11 Å². The summed E-state index contributed by atoms with van der Waals surface area (Å²) in [4.78, 5) is 12.1. The lowest BCUT2D eigenvalue weighted by Gasteiger charge is -2.25. The highest BCUT2D eigenvalue weighted by Gasteiger charge is 2.30. The van der Waals surface area contributed by atoms with Crippen LogP contribution in [0.25, 0.3) is 0 Å². The summed E-state index contributed by atoms with van der Waals surface area (Å²) in [5.74, 6) is 0.584. The van der Waals surface area contributed by atoms with Crippen molar-refractivity contribution in [2.45, 2.75) is 25.9 Å². The topological polar surface area (TPSA) is 56.8 Å². The molecule has 0 radical (unpaired) electrons. The number of hydrogen-bond donors (Lipinski definition) is 1. The van der Waals surface area contributed by atoms with E-state index >= 15 is 0 Å². The Morgan fingerprint density at radius 3 is 2.35 bits per heavy atom. The Kier molecular flexibility index (Phi) is 6.48. The lowest BCUT2D eigenvalue weighted by atomic mass is 10.0. The van der Waals surface area contributed by atoms with Crippen molar-refractivity contribution in [3.63, 3.8) is 0 Å². The van der Waals surface area contributed by atoms with Gasteiger partial charge in [0, 0.05) is 19.9 Å². The quantitative estimate of drug-likeness (QED) is 0.744. The van der Waals surface area contributed by atoms with Gasteiger partial charge < -0.3 is 19.5 Å². The first-order chi connectivity index (χ1) is 9.55. The summed E-state index contributed by atoms with van der Waals surface area (Å²) < 4.78 is 15.6. The van der Waals surface area contributed by atoms with Crippen molar-refractivity contribution >= 4 is 11.6 Å². The maximum atomic E-state index is 12.1. The molecule has 5 heteroatoms. The maximum Gasteiger partial charge on any atom is 0.256 e. The normalized spacial score (nSPS) is 13.6. The van der Waals surface area contributed by atoms with E-state index in [0.717, 1.165) is 5.75 Å². The number of benzene rings is 1. The molecule has 0 aliphatic rings. The molecule has 0 heterocycles. The van der Waals surface area contributed by atoms with E-state index in [9.17, 15) is 4.79 Å². The predicted molar refractivity (Wildman–Crippen MR) is 78.1 cm³/mol. The zero-order valence-corrected chi connectivity index (χ0v) is 12.6. The van der Waals surface area contributed by atoms with Crippen molar-refractivity contribution < 1.29 is 19.0 Å². The van der Waals surface area contributed by atoms with E-state index in [0.29, 0.717) is 25.3 Å². The molecule has 1 rings (SSSR count). The van der Waals surface area contributed by atoms with E-state index in [-0.39, 0.29) is 5.91 Å². The molecule has 0 aromatic heterocycles. The van der Waals surface area contributed by atoms with E-state index in [1.54, 1.807) is 38.3 Å². The molecular weight excluding hydrogens is 258 g/mol. The number of carbonyl (C=O) groups excluding carboxylic acids is 1. The summed E-state index contributed by atoms with van der Waals surface area (Å²) in [6, 6.07) is 7.21. The van der Waals surface area contributed by atoms with Gasteiger partial charge in [-0.3, -0.25) is 4.79 Å². The summed E-state index contributed by atoms with van der Waals surface area (Å²) in [5.41, 5.74) is -0.0981. The third-order valence-electron chi connectivity index (χ3n) is 3.27. The van der Waals surface area contributed by atoms with Crippen LogP contribution in [0.2, 0.25) is 0 Å². The second-order valence-electron chi connectivity index (χ2n) is 4.61. The van der Waals surface area contributed by atoms with Crippen LogP contribution in [0.4, 0.5) is 5.69 Å². The number of anilines is 1. The van der Waals surface area contributed by atoms with Crippen molar-refractivity contribution in [3.8, 4) is 5.75 Å². The monoisotopic (exact) mass is 281 g/mol. The Hall–Kier alpha value is -1.59. The number of hydrogen-bond acceptors (Lipinski definition) is 4. The third kappa shape index (κ3) is 4.51. The van der Waals surface area contributed by atoms with Crippen LogP contribution in [0.5, 0.6) is 5.75 Å². The largest absolute Gasteiger partial charge is 0.491 e. The van der Waals surface area contributed by atoms with Gasteiger partial charge in [-0.2, -0.15) is 0 Å². The van der Waals surface area contributed by atoms with Gasteiger partial charge in [0.15, 0.2) is 0 Å². The summed E-state index contributed by atoms with van der Waals surface area (Å²) in [6.45, 7) is 4.72. The highest BCUT2D eigenvalue weighted by molar-refractivity contribution is 5.97. The molecule has 0 spiro atoms. The van der Waals surface area contributed by atoms with Crippen molar-refractivity contribution in [1.82, 2.24) is 0 Å². The fourth-order valence-corrected chi connectivity index (χ4v) is 1.54. The summed E-state index contributed by atoms with van der Waals surface area (Å²) in [6.07, 6.45) is 0.605. The highest BCUT2D eigenvalue weighted by atomic mass is 16.5. The molecule has 0 saturated carbocycles. The van der Waals surface area contributed by atoms with Gasteiger partial charge in [0.25, 0.3) is 5.91 Å². The maximum absolute atomic E-state index is 12.1. The number of ether oxygens (including phenoxy) is 3. The van der Waals surface area contributed by atoms with Gasteiger partial charge in [0.2, 0.25) is 0 Å². The molecule has 0 saturated heterocycles.